The minimum Gasteiger partial charge on any atom is -0.496 e. The lowest BCUT2D eigenvalue weighted by atomic mass is 9.91. The highest BCUT2D eigenvalue weighted by Crippen LogP contribution is 2.31. The molecule has 0 saturated carbocycles. The van der Waals surface area contributed by atoms with Crippen molar-refractivity contribution in [1.82, 2.24) is 4.98 Å². The number of amides is 1. The van der Waals surface area contributed by atoms with Crippen molar-refractivity contribution in [2.75, 3.05) is 12.0 Å². The number of pyridine rings is 1. The van der Waals surface area contributed by atoms with E-state index in [2.05, 4.69) is 62.2 Å². The van der Waals surface area contributed by atoms with Crippen molar-refractivity contribution in [2.24, 2.45) is 5.41 Å². The molecule has 0 radical (unpaired) electrons. The maximum Gasteiger partial charge on any atom is 0.229 e. The SMILES string of the molecule is COc1ccc(-c2ccc(CN(C(=O)CC(C)(C)C)c3nccc4cc(/C=C/C=O)ccc34)cc2)cc1C. The van der Waals surface area contributed by atoms with Crippen LogP contribution in [0.5, 0.6) is 5.75 Å². The van der Waals surface area contributed by atoms with E-state index >= 15 is 0 Å². The fourth-order valence-electron chi connectivity index (χ4n) is 4.52. The van der Waals surface area contributed by atoms with Gasteiger partial charge in [-0.15, -0.1) is 0 Å². The summed E-state index contributed by atoms with van der Waals surface area (Å²) in [7, 11) is 1.68. The predicted molar refractivity (Wildman–Crippen MR) is 155 cm³/mol. The van der Waals surface area contributed by atoms with Gasteiger partial charge in [0.2, 0.25) is 5.91 Å². The van der Waals surface area contributed by atoms with Gasteiger partial charge in [0.25, 0.3) is 0 Å². The summed E-state index contributed by atoms with van der Waals surface area (Å²) in [5, 5.41) is 1.85. The molecule has 0 aliphatic heterocycles. The summed E-state index contributed by atoms with van der Waals surface area (Å²) in [6.45, 7) is 8.65. The minimum atomic E-state index is -0.164. The molecule has 0 fully saturated rings. The number of benzene rings is 3. The van der Waals surface area contributed by atoms with Gasteiger partial charge in [0.1, 0.15) is 17.9 Å². The van der Waals surface area contributed by atoms with E-state index in [1.807, 2.05) is 37.3 Å². The second kappa shape index (κ2) is 11.4. The highest BCUT2D eigenvalue weighted by atomic mass is 16.5. The molecule has 0 unspecified atom stereocenters. The highest BCUT2D eigenvalue weighted by Gasteiger charge is 2.25. The van der Waals surface area contributed by atoms with Crippen molar-refractivity contribution in [1.29, 1.82) is 0 Å². The lowest BCUT2D eigenvalue weighted by Crippen LogP contribution is -2.34. The molecule has 0 N–H and O–H groups in total. The molecule has 5 heteroatoms. The minimum absolute atomic E-state index is 0.0253. The van der Waals surface area contributed by atoms with Gasteiger partial charge in [-0.3, -0.25) is 14.5 Å². The maximum absolute atomic E-state index is 13.6. The third-order valence-corrected chi connectivity index (χ3v) is 6.40. The van der Waals surface area contributed by atoms with E-state index in [4.69, 9.17) is 4.74 Å². The summed E-state index contributed by atoms with van der Waals surface area (Å²) in [5.74, 6) is 1.53. The normalized spacial score (nSPS) is 11.6. The van der Waals surface area contributed by atoms with E-state index in [1.165, 1.54) is 6.08 Å². The number of carbonyl (C=O) groups is 2. The number of aldehydes is 1. The smallest absolute Gasteiger partial charge is 0.229 e. The second-order valence-electron chi connectivity index (χ2n) is 10.7. The fourth-order valence-corrected chi connectivity index (χ4v) is 4.52. The molecule has 1 heterocycles. The van der Waals surface area contributed by atoms with Crippen molar-refractivity contribution < 1.29 is 14.3 Å². The monoisotopic (exact) mass is 506 g/mol. The van der Waals surface area contributed by atoms with Gasteiger partial charge in [0, 0.05) is 18.0 Å². The molecule has 0 spiro atoms. The Hall–Kier alpha value is -4.25. The van der Waals surface area contributed by atoms with Crippen molar-refractivity contribution in [3.63, 3.8) is 0 Å². The maximum atomic E-state index is 13.6. The predicted octanol–water partition coefficient (Wildman–Crippen LogP) is 7.40. The Balaban J connectivity index is 1.69. The van der Waals surface area contributed by atoms with Crippen molar-refractivity contribution in [2.45, 2.75) is 40.7 Å². The molecule has 0 bridgehead atoms. The lowest BCUT2D eigenvalue weighted by molar-refractivity contribution is -0.120. The van der Waals surface area contributed by atoms with Crippen LogP contribution in [0.15, 0.2) is 79.0 Å². The first-order chi connectivity index (χ1) is 18.2. The zero-order valence-electron chi connectivity index (χ0n) is 22.7. The number of fused-ring (bicyclic) bond motifs is 1. The molecular formula is C33H34N2O3. The number of rotatable bonds is 8. The summed E-state index contributed by atoms with van der Waals surface area (Å²) >= 11 is 0. The first kappa shape index (κ1) is 26.8. The van der Waals surface area contributed by atoms with Gasteiger partial charge in [-0.25, -0.2) is 4.98 Å². The van der Waals surface area contributed by atoms with Crippen LogP contribution in [-0.4, -0.2) is 24.3 Å². The number of hydrogen-bond acceptors (Lipinski definition) is 4. The van der Waals surface area contributed by atoms with Crippen LogP contribution < -0.4 is 9.64 Å². The quantitative estimate of drug-likeness (QED) is 0.185. The zero-order chi connectivity index (χ0) is 27.3. The molecule has 0 atom stereocenters. The van der Waals surface area contributed by atoms with Crippen LogP contribution in [0.2, 0.25) is 0 Å². The largest absolute Gasteiger partial charge is 0.496 e. The van der Waals surface area contributed by atoms with E-state index < -0.39 is 0 Å². The van der Waals surface area contributed by atoms with Gasteiger partial charge >= 0.3 is 0 Å². The van der Waals surface area contributed by atoms with Crippen LogP contribution >= 0.6 is 0 Å². The Labute approximate surface area is 224 Å². The lowest BCUT2D eigenvalue weighted by Gasteiger charge is -2.27. The van der Waals surface area contributed by atoms with Gasteiger partial charge < -0.3 is 4.74 Å². The molecule has 38 heavy (non-hydrogen) atoms. The van der Waals surface area contributed by atoms with Crippen LogP contribution in [-0.2, 0) is 16.1 Å². The van der Waals surface area contributed by atoms with E-state index in [-0.39, 0.29) is 11.3 Å². The fraction of sp³-hybridized carbons (Fsp3) is 0.242. The molecule has 1 aromatic heterocycles. The van der Waals surface area contributed by atoms with Gasteiger partial charge in [-0.2, -0.15) is 0 Å². The van der Waals surface area contributed by atoms with Crippen molar-refractivity contribution in [3.05, 3.63) is 95.7 Å². The number of nitrogens with zero attached hydrogens (tertiary/aromatic N) is 2. The van der Waals surface area contributed by atoms with Crippen molar-refractivity contribution >= 4 is 34.9 Å². The first-order valence-corrected chi connectivity index (χ1v) is 12.7. The van der Waals surface area contributed by atoms with Crippen LogP contribution in [0.4, 0.5) is 5.82 Å². The molecule has 3 aromatic carbocycles. The van der Waals surface area contributed by atoms with Gasteiger partial charge in [-0.05, 0) is 75.9 Å². The molecule has 5 nitrogen and oxygen atoms in total. The number of hydrogen-bond donors (Lipinski definition) is 0. The summed E-state index contributed by atoms with van der Waals surface area (Å²) in [4.78, 5) is 30.8. The molecule has 0 aliphatic carbocycles. The topological polar surface area (TPSA) is 59.5 Å². The van der Waals surface area contributed by atoms with Crippen LogP contribution in [0, 0.1) is 12.3 Å². The number of ether oxygens (including phenoxy) is 1. The third kappa shape index (κ3) is 6.35. The standard InChI is InChI=1S/C33H34N2O3/c1-23-19-27(13-15-30(23)38-5)26-11-8-25(9-12-26)22-35(31(37)21-33(2,3)4)32-29-14-10-24(7-6-18-36)20-28(29)16-17-34-32/h6-20H,21-22H2,1-5H3/b7-6+. The van der Waals surface area contributed by atoms with Gasteiger partial charge in [0.15, 0.2) is 0 Å². The zero-order valence-corrected chi connectivity index (χ0v) is 22.7. The Morgan fingerprint density at radius 3 is 2.37 bits per heavy atom. The molecule has 4 aromatic rings. The number of methoxy groups -OCH3 is 1. The number of anilines is 1. The van der Waals surface area contributed by atoms with Crippen LogP contribution in [0.25, 0.3) is 28.0 Å². The molecule has 194 valence electrons. The number of aryl methyl sites for hydroxylation is 1. The van der Waals surface area contributed by atoms with E-state index in [1.54, 1.807) is 24.3 Å². The average Bonchev–Trinajstić information content (AvgIpc) is 2.89. The van der Waals surface area contributed by atoms with Gasteiger partial charge in [-0.1, -0.05) is 69.3 Å². The molecule has 0 aliphatic rings. The number of allylic oxidation sites excluding steroid dienone is 1. The summed E-state index contributed by atoms with van der Waals surface area (Å²) < 4.78 is 5.39. The van der Waals surface area contributed by atoms with Crippen LogP contribution in [0.3, 0.4) is 0 Å². The second-order valence-corrected chi connectivity index (χ2v) is 10.7. The average molecular weight is 507 g/mol. The van der Waals surface area contributed by atoms with Crippen molar-refractivity contribution in [3.8, 4) is 16.9 Å². The Kier molecular flexibility index (Phi) is 8.06. The first-order valence-electron chi connectivity index (χ1n) is 12.7. The molecule has 1 amide bonds. The third-order valence-electron chi connectivity index (χ3n) is 6.40. The van der Waals surface area contributed by atoms with E-state index in [9.17, 15) is 9.59 Å². The summed E-state index contributed by atoms with van der Waals surface area (Å²) in [6.07, 6.45) is 6.13. The number of carbonyl (C=O) groups excluding carboxylic acids is 2. The van der Waals surface area contributed by atoms with E-state index in [0.717, 1.165) is 50.6 Å². The summed E-state index contributed by atoms with van der Waals surface area (Å²) in [6, 6.07) is 22.3. The van der Waals surface area contributed by atoms with Gasteiger partial charge in [0.05, 0.1) is 13.7 Å². The Morgan fingerprint density at radius 1 is 0.974 bits per heavy atom. The Morgan fingerprint density at radius 2 is 1.71 bits per heavy atom. The highest BCUT2D eigenvalue weighted by molar-refractivity contribution is 6.02. The summed E-state index contributed by atoms with van der Waals surface area (Å²) in [5.41, 5.74) is 5.07. The Bertz CT molecular complexity index is 1480. The molecule has 4 rings (SSSR count). The molecular weight excluding hydrogens is 472 g/mol. The molecule has 0 saturated heterocycles. The van der Waals surface area contributed by atoms with E-state index in [0.29, 0.717) is 18.8 Å². The number of aromatic nitrogens is 1. The van der Waals surface area contributed by atoms with Crippen LogP contribution in [0.1, 0.15) is 43.9 Å².